The molecule has 1 unspecified atom stereocenters. The van der Waals surface area contributed by atoms with Crippen LogP contribution >= 0.6 is 0 Å². The van der Waals surface area contributed by atoms with Crippen molar-refractivity contribution in [2.75, 3.05) is 13.6 Å². The van der Waals surface area contributed by atoms with Crippen molar-refractivity contribution in [2.45, 2.75) is 6.10 Å². The summed E-state index contributed by atoms with van der Waals surface area (Å²) < 4.78 is 0. The number of aliphatic hydroxyl groups is 1. The van der Waals surface area contributed by atoms with E-state index in [-0.39, 0.29) is 56.9 Å². The maximum absolute atomic E-state index is 9.75. The van der Waals surface area contributed by atoms with Gasteiger partial charge in [0, 0.05) is 11.9 Å². The molecule has 1 heterocycles. The van der Waals surface area contributed by atoms with Gasteiger partial charge in [-0.05, 0) is 19.2 Å². The normalized spacial score (nSPS) is 11.4. The van der Waals surface area contributed by atoms with Gasteiger partial charge in [0.25, 0.3) is 0 Å². The number of likely N-dealkylation sites (N-methyl/N-ethyl adjacent to an activating group) is 1. The number of rotatable bonds is 3. The molecule has 4 nitrogen and oxygen atoms in total. The van der Waals surface area contributed by atoms with Crippen molar-refractivity contribution in [3.8, 4) is 0 Å². The SMILES string of the molecule is CNCC(O)c1ccc2ccccc2n1.[K+].[OH-]. The van der Waals surface area contributed by atoms with E-state index in [4.69, 9.17) is 0 Å². The molecule has 0 bridgehead atoms. The quantitative estimate of drug-likeness (QED) is 0.645. The molecule has 0 saturated heterocycles. The molecule has 0 amide bonds. The molecule has 5 heteroatoms. The number of aliphatic hydroxyl groups excluding tert-OH is 1. The predicted molar refractivity (Wildman–Crippen MR) is 62.6 cm³/mol. The average molecular weight is 258 g/mol. The first-order valence-corrected chi connectivity index (χ1v) is 4.99. The second-order valence-corrected chi connectivity index (χ2v) is 3.50. The molecule has 0 aliphatic rings. The number of hydrogen-bond acceptors (Lipinski definition) is 4. The van der Waals surface area contributed by atoms with Crippen LogP contribution in [0.3, 0.4) is 0 Å². The van der Waals surface area contributed by atoms with Crippen molar-refractivity contribution >= 4 is 10.9 Å². The molecule has 1 aromatic carbocycles. The smallest absolute Gasteiger partial charge is 0.870 e. The van der Waals surface area contributed by atoms with Crippen molar-refractivity contribution in [3.05, 3.63) is 42.1 Å². The Balaban J connectivity index is 0.00000128. The van der Waals surface area contributed by atoms with Crippen LogP contribution < -0.4 is 56.7 Å². The van der Waals surface area contributed by atoms with E-state index < -0.39 is 6.10 Å². The van der Waals surface area contributed by atoms with Crippen LogP contribution in [0.4, 0.5) is 0 Å². The molecule has 17 heavy (non-hydrogen) atoms. The number of aromatic nitrogens is 1. The number of hydrogen-bond donors (Lipinski definition) is 2. The van der Waals surface area contributed by atoms with E-state index in [2.05, 4.69) is 10.3 Å². The van der Waals surface area contributed by atoms with Crippen LogP contribution in [0.2, 0.25) is 0 Å². The minimum absolute atomic E-state index is 0. The van der Waals surface area contributed by atoms with E-state index in [0.717, 1.165) is 10.9 Å². The van der Waals surface area contributed by atoms with Gasteiger partial charge in [-0.15, -0.1) is 0 Å². The van der Waals surface area contributed by atoms with Gasteiger partial charge < -0.3 is 15.9 Å². The fraction of sp³-hybridized carbons (Fsp3) is 0.250. The molecule has 2 aromatic rings. The topological polar surface area (TPSA) is 75.2 Å². The van der Waals surface area contributed by atoms with E-state index in [1.165, 1.54) is 0 Å². The maximum Gasteiger partial charge on any atom is 1.00 e. The third-order valence-corrected chi connectivity index (χ3v) is 2.36. The fourth-order valence-electron chi connectivity index (χ4n) is 1.57. The molecule has 86 valence electrons. The Labute approximate surface area is 143 Å². The molecular weight excluding hydrogens is 243 g/mol. The molecule has 0 fully saturated rings. The minimum Gasteiger partial charge on any atom is -0.870 e. The van der Waals surface area contributed by atoms with Gasteiger partial charge in [0.05, 0.1) is 11.2 Å². The number of nitrogens with zero attached hydrogens (tertiary/aromatic N) is 1. The van der Waals surface area contributed by atoms with E-state index in [1.807, 2.05) is 43.4 Å². The van der Waals surface area contributed by atoms with E-state index >= 15 is 0 Å². The second-order valence-electron chi connectivity index (χ2n) is 3.50. The van der Waals surface area contributed by atoms with Crippen molar-refractivity contribution in [1.82, 2.24) is 10.3 Å². The van der Waals surface area contributed by atoms with E-state index in [1.54, 1.807) is 0 Å². The summed E-state index contributed by atoms with van der Waals surface area (Å²) in [5, 5.41) is 13.8. The Morgan fingerprint density at radius 1 is 1.24 bits per heavy atom. The van der Waals surface area contributed by atoms with Crippen LogP contribution in [0.1, 0.15) is 11.8 Å². The molecule has 3 N–H and O–H groups in total. The third-order valence-electron chi connectivity index (χ3n) is 2.36. The van der Waals surface area contributed by atoms with Crippen LogP contribution in [0.5, 0.6) is 0 Å². The molecule has 1 atom stereocenters. The van der Waals surface area contributed by atoms with Crippen molar-refractivity contribution in [3.63, 3.8) is 0 Å². The summed E-state index contributed by atoms with van der Waals surface area (Å²) in [6, 6.07) is 11.7. The zero-order chi connectivity index (χ0) is 10.7. The Morgan fingerprint density at radius 3 is 2.65 bits per heavy atom. The zero-order valence-corrected chi connectivity index (χ0v) is 13.2. The molecule has 0 aliphatic heterocycles. The Bertz CT molecular complexity index is 465. The summed E-state index contributed by atoms with van der Waals surface area (Å²) >= 11 is 0. The number of benzene rings is 1. The fourth-order valence-corrected chi connectivity index (χ4v) is 1.57. The number of nitrogens with one attached hydrogen (secondary N) is 1. The van der Waals surface area contributed by atoms with Crippen LogP contribution in [0, 0.1) is 0 Å². The van der Waals surface area contributed by atoms with E-state index in [0.29, 0.717) is 12.2 Å². The van der Waals surface area contributed by atoms with Gasteiger partial charge >= 0.3 is 51.4 Å². The van der Waals surface area contributed by atoms with Crippen molar-refractivity contribution < 1.29 is 62.0 Å². The van der Waals surface area contributed by atoms with Gasteiger partial charge in [-0.2, -0.15) is 0 Å². The second kappa shape index (κ2) is 8.28. The van der Waals surface area contributed by atoms with Gasteiger partial charge in [-0.1, -0.05) is 24.3 Å². The standard InChI is InChI=1S/C12H14N2O.K.H2O/c1-13-8-12(15)11-7-6-9-4-2-3-5-10(9)14-11;;/h2-7,12-13,15H,8H2,1H3;;1H2/q;+1;/p-1. The first-order valence-electron chi connectivity index (χ1n) is 4.99. The molecule has 0 radical (unpaired) electrons. The summed E-state index contributed by atoms with van der Waals surface area (Å²) in [5.41, 5.74) is 1.63. The Hall–Kier alpha value is 0.146. The first kappa shape index (κ1) is 17.1. The van der Waals surface area contributed by atoms with Gasteiger partial charge in [-0.25, -0.2) is 0 Å². The van der Waals surface area contributed by atoms with Crippen LogP contribution in [0.15, 0.2) is 36.4 Å². The summed E-state index contributed by atoms with van der Waals surface area (Å²) in [5.74, 6) is 0. The van der Waals surface area contributed by atoms with Gasteiger partial charge in [0.15, 0.2) is 0 Å². The zero-order valence-electron chi connectivity index (χ0n) is 10.1. The number of para-hydroxylation sites is 1. The van der Waals surface area contributed by atoms with Crippen LogP contribution in [-0.2, 0) is 0 Å². The largest absolute Gasteiger partial charge is 1.00 e. The van der Waals surface area contributed by atoms with Crippen molar-refractivity contribution in [1.29, 1.82) is 0 Å². The maximum atomic E-state index is 9.75. The van der Waals surface area contributed by atoms with Crippen LogP contribution in [-0.4, -0.2) is 29.2 Å². The number of pyridine rings is 1. The summed E-state index contributed by atoms with van der Waals surface area (Å²) in [7, 11) is 1.81. The first-order chi connectivity index (χ1) is 7.31. The summed E-state index contributed by atoms with van der Waals surface area (Å²) in [6.45, 7) is 0.519. The van der Waals surface area contributed by atoms with E-state index in [9.17, 15) is 5.11 Å². The number of fused-ring (bicyclic) bond motifs is 1. The molecular formula is C12H15KN2O2. The van der Waals surface area contributed by atoms with Gasteiger partial charge in [-0.3, -0.25) is 4.98 Å². The Kier molecular flexibility index (Phi) is 8.35. The van der Waals surface area contributed by atoms with Gasteiger partial charge in [0.2, 0.25) is 0 Å². The molecule has 0 spiro atoms. The minimum atomic E-state index is -0.542. The molecule has 2 rings (SSSR count). The van der Waals surface area contributed by atoms with Crippen molar-refractivity contribution in [2.24, 2.45) is 0 Å². The third kappa shape index (κ3) is 4.38. The monoisotopic (exact) mass is 258 g/mol. The van der Waals surface area contributed by atoms with Crippen LogP contribution in [0.25, 0.3) is 10.9 Å². The summed E-state index contributed by atoms with van der Waals surface area (Å²) in [4.78, 5) is 4.40. The average Bonchev–Trinajstić information content (AvgIpc) is 2.29. The Morgan fingerprint density at radius 2 is 1.94 bits per heavy atom. The molecule has 1 aromatic heterocycles. The molecule has 0 saturated carbocycles. The summed E-state index contributed by atoms with van der Waals surface area (Å²) in [6.07, 6.45) is -0.542. The van der Waals surface area contributed by atoms with Gasteiger partial charge in [0.1, 0.15) is 6.10 Å². The predicted octanol–water partition coefficient (Wildman–Crippen LogP) is -1.69. The molecule has 0 aliphatic carbocycles.